The molecule has 0 heterocycles. The first-order chi connectivity index (χ1) is 13.0. The summed E-state index contributed by atoms with van der Waals surface area (Å²) < 4.78 is 21.4. The Kier molecular flexibility index (Phi) is 7.88. The standard InChI is InChI=1S/C19H21Cl2NO5/c1-24-16-10-13(11-17(25-2)19(16)26-3)22-18(23)5-4-8-27-15-7-6-12(20)9-14(15)21/h6-7,9-11H,4-5,8H2,1-3H3,(H,22,23). The molecule has 2 aromatic carbocycles. The van der Waals surface area contributed by atoms with Gasteiger partial charge in [-0.1, -0.05) is 23.2 Å². The van der Waals surface area contributed by atoms with E-state index in [4.69, 9.17) is 42.1 Å². The fourth-order valence-corrected chi connectivity index (χ4v) is 2.85. The molecule has 27 heavy (non-hydrogen) atoms. The number of anilines is 1. The fourth-order valence-electron chi connectivity index (χ4n) is 2.38. The molecule has 8 heteroatoms. The molecule has 0 unspecified atom stereocenters. The predicted molar refractivity (Wildman–Crippen MR) is 106 cm³/mol. The second-order valence-corrected chi connectivity index (χ2v) is 6.33. The van der Waals surface area contributed by atoms with Crippen LogP contribution in [0.4, 0.5) is 5.69 Å². The van der Waals surface area contributed by atoms with Gasteiger partial charge in [0.25, 0.3) is 0 Å². The van der Waals surface area contributed by atoms with Crippen LogP contribution in [0.15, 0.2) is 30.3 Å². The molecule has 1 amide bonds. The number of rotatable bonds is 9. The van der Waals surface area contributed by atoms with Gasteiger partial charge in [0.1, 0.15) is 5.75 Å². The Hall–Kier alpha value is -2.31. The van der Waals surface area contributed by atoms with Crippen LogP contribution in [0.3, 0.4) is 0 Å². The lowest BCUT2D eigenvalue weighted by Crippen LogP contribution is -2.13. The third-order valence-electron chi connectivity index (χ3n) is 3.65. The monoisotopic (exact) mass is 413 g/mol. The number of nitrogens with one attached hydrogen (secondary N) is 1. The molecule has 2 aromatic rings. The number of methoxy groups -OCH3 is 3. The van der Waals surface area contributed by atoms with Crippen molar-refractivity contribution < 1.29 is 23.7 Å². The quantitative estimate of drug-likeness (QED) is 0.597. The Labute approximate surface area is 168 Å². The van der Waals surface area contributed by atoms with E-state index in [9.17, 15) is 4.79 Å². The SMILES string of the molecule is COc1cc(NC(=O)CCCOc2ccc(Cl)cc2Cl)cc(OC)c1OC. The van der Waals surface area contributed by atoms with E-state index in [1.54, 1.807) is 30.3 Å². The largest absolute Gasteiger partial charge is 0.493 e. The minimum absolute atomic E-state index is 0.157. The van der Waals surface area contributed by atoms with Crippen molar-refractivity contribution in [3.63, 3.8) is 0 Å². The summed E-state index contributed by atoms with van der Waals surface area (Å²) in [5, 5.41) is 3.78. The molecule has 0 fully saturated rings. The Morgan fingerprint density at radius 3 is 2.19 bits per heavy atom. The molecule has 0 aliphatic rings. The Morgan fingerprint density at radius 1 is 0.963 bits per heavy atom. The number of carbonyl (C=O) groups excluding carboxylic acids is 1. The third kappa shape index (κ3) is 5.84. The first kappa shape index (κ1) is 21.0. The summed E-state index contributed by atoms with van der Waals surface area (Å²) in [5.41, 5.74) is 0.552. The highest BCUT2D eigenvalue weighted by atomic mass is 35.5. The smallest absolute Gasteiger partial charge is 0.224 e. The molecule has 0 aliphatic heterocycles. The molecule has 2 rings (SSSR count). The predicted octanol–water partition coefficient (Wildman–Crippen LogP) is 4.82. The third-order valence-corrected chi connectivity index (χ3v) is 4.18. The summed E-state index contributed by atoms with van der Waals surface area (Å²) >= 11 is 11.9. The van der Waals surface area contributed by atoms with Crippen molar-refractivity contribution in [1.82, 2.24) is 0 Å². The van der Waals surface area contributed by atoms with Crippen LogP contribution >= 0.6 is 23.2 Å². The number of hydrogen-bond donors (Lipinski definition) is 1. The average molecular weight is 414 g/mol. The zero-order chi connectivity index (χ0) is 19.8. The maximum Gasteiger partial charge on any atom is 0.224 e. The van der Waals surface area contributed by atoms with Crippen LogP contribution in [-0.4, -0.2) is 33.8 Å². The Bertz CT molecular complexity index is 773. The molecule has 1 N–H and O–H groups in total. The van der Waals surface area contributed by atoms with Gasteiger partial charge in [-0.2, -0.15) is 0 Å². The molecule has 0 atom stereocenters. The second-order valence-electron chi connectivity index (χ2n) is 5.49. The zero-order valence-electron chi connectivity index (χ0n) is 15.3. The minimum atomic E-state index is -0.157. The molecule has 0 aliphatic carbocycles. The van der Waals surface area contributed by atoms with E-state index in [2.05, 4.69) is 5.32 Å². The molecular weight excluding hydrogens is 393 g/mol. The maximum atomic E-state index is 12.2. The number of hydrogen-bond acceptors (Lipinski definition) is 5. The molecule has 0 bridgehead atoms. The zero-order valence-corrected chi connectivity index (χ0v) is 16.8. The van der Waals surface area contributed by atoms with Gasteiger partial charge in [0, 0.05) is 29.3 Å². The molecule has 0 spiro atoms. The van der Waals surface area contributed by atoms with Crippen molar-refractivity contribution >= 4 is 34.8 Å². The molecule has 146 valence electrons. The van der Waals surface area contributed by atoms with Crippen LogP contribution in [0.5, 0.6) is 23.0 Å². The fraction of sp³-hybridized carbons (Fsp3) is 0.316. The highest BCUT2D eigenvalue weighted by Gasteiger charge is 2.14. The minimum Gasteiger partial charge on any atom is -0.493 e. The normalized spacial score (nSPS) is 10.3. The van der Waals surface area contributed by atoms with Crippen LogP contribution in [0.25, 0.3) is 0 Å². The van der Waals surface area contributed by atoms with E-state index in [1.165, 1.54) is 21.3 Å². The van der Waals surface area contributed by atoms with E-state index >= 15 is 0 Å². The number of amides is 1. The van der Waals surface area contributed by atoms with Crippen molar-refractivity contribution in [2.45, 2.75) is 12.8 Å². The van der Waals surface area contributed by atoms with Gasteiger partial charge in [-0.3, -0.25) is 4.79 Å². The van der Waals surface area contributed by atoms with Gasteiger partial charge in [0.2, 0.25) is 11.7 Å². The summed E-state index contributed by atoms with van der Waals surface area (Å²) in [6.45, 7) is 0.351. The van der Waals surface area contributed by atoms with Crippen LogP contribution in [0.2, 0.25) is 10.0 Å². The Morgan fingerprint density at radius 2 is 1.63 bits per heavy atom. The summed E-state index contributed by atoms with van der Waals surface area (Å²) in [4.78, 5) is 12.2. The lowest BCUT2D eigenvalue weighted by molar-refractivity contribution is -0.116. The molecular formula is C19H21Cl2NO5. The molecule has 6 nitrogen and oxygen atoms in total. The number of carbonyl (C=O) groups is 1. The van der Waals surface area contributed by atoms with Crippen LogP contribution in [-0.2, 0) is 4.79 Å². The number of ether oxygens (including phenoxy) is 4. The van der Waals surface area contributed by atoms with Crippen LogP contribution in [0, 0.1) is 0 Å². The van der Waals surface area contributed by atoms with E-state index in [0.29, 0.717) is 51.8 Å². The average Bonchev–Trinajstić information content (AvgIpc) is 2.65. The summed E-state index contributed by atoms with van der Waals surface area (Å²) in [6, 6.07) is 8.34. The van der Waals surface area contributed by atoms with Gasteiger partial charge < -0.3 is 24.3 Å². The first-order valence-corrected chi connectivity index (χ1v) is 8.91. The van der Waals surface area contributed by atoms with Gasteiger partial charge >= 0.3 is 0 Å². The highest BCUT2D eigenvalue weighted by Crippen LogP contribution is 2.40. The van der Waals surface area contributed by atoms with Crippen LogP contribution in [0.1, 0.15) is 12.8 Å². The van der Waals surface area contributed by atoms with Gasteiger partial charge in [-0.25, -0.2) is 0 Å². The van der Waals surface area contributed by atoms with E-state index in [1.807, 2.05) is 0 Å². The second kappa shape index (κ2) is 10.1. The van der Waals surface area contributed by atoms with Gasteiger partial charge in [-0.15, -0.1) is 0 Å². The van der Waals surface area contributed by atoms with Crippen molar-refractivity contribution in [3.05, 3.63) is 40.4 Å². The van der Waals surface area contributed by atoms with Crippen molar-refractivity contribution in [1.29, 1.82) is 0 Å². The highest BCUT2D eigenvalue weighted by molar-refractivity contribution is 6.35. The molecule has 0 saturated heterocycles. The van der Waals surface area contributed by atoms with Crippen LogP contribution < -0.4 is 24.3 Å². The van der Waals surface area contributed by atoms with Crippen molar-refractivity contribution in [2.24, 2.45) is 0 Å². The van der Waals surface area contributed by atoms with E-state index < -0.39 is 0 Å². The topological polar surface area (TPSA) is 66.0 Å². The van der Waals surface area contributed by atoms with Gasteiger partial charge in [-0.05, 0) is 24.6 Å². The van der Waals surface area contributed by atoms with E-state index in [-0.39, 0.29) is 12.3 Å². The van der Waals surface area contributed by atoms with E-state index in [0.717, 1.165) is 0 Å². The number of benzene rings is 2. The molecule has 0 radical (unpaired) electrons. The van der Waals surface area contributed by atoms with Crippen molar-refractivity contribution in [2.75, 3.05) is 33.3 Å². The lowest BCUT2D eigenvalue weighted by Gasteiger charge is -2.14. The molecule has 0 saturated carbocycles. The summed E-state index contributed by atoms with van der Waals surface area (Å²) in [5.74, 6) is 1.77. The first-order valence-electron chi connectivity index (χ1n) is 8.16. The molecule has 0 aromatic heterocycles. The maximum absolute atomic E-state index is 12.2. The number of halogens is 2. The lowest BCUT2D eigenvalue weighted by atomic mass is 10.2. The van der Waals surface area contributed by atoms with Gasteiger partial charge in [0.15, 0.2) is 11.5 Å². The Balaban J connectivity index is 1.88. The summed E-state index contributed by atoms with van der Waals surface area (Å²) in [6.07, 6.45) is 0.803. The van der Waals surface area contributed by atoms with Crippen molar-refractivity contribution in [3.8, 4) is 23.0 Å². The van der Waals surface area contributed by atoms with Gasteiger partial charge in [0.05, 0.1) is 33.0 Å². The summed E-state index contributed by atoms with van der Waals surface area (Å²) in [7, 11) is 4.55.